The highest BCUT2D eigenvalue weighted by molar-refractivity contribution is 8.72. The fraction of sp³-hybridized carbons (Fsp3) is 0. The highest BCUT2D eigenvalue weighted by Crippen LogP contribution is 2.31. The highest BCUT2D eigenvalue weighted by Gasteiger charge is 2.17. The van der Waals surface area contributed by atoms with Crippen molar-refractivity contribution in [1.82, 2.24) is 0 Å². The molecule has 0 heterocycles. The maximum atomic E-state index is 13.0. The van der Waals surface area contributed by atoms with Crippen LogP contribution in [0.25, 0.3) is 0 Å². The van der Waals surface area contributed by atoms with Crippen molar-refractivity contribution in [2.24, 2.45) is 0 Å². The molecule has 0 atom stereocenters. The predicted molar refractivity (Wildman–Crippen MR) is 65.8 cm³/mol. The first kappa shape index (κ1) is 13.0. The Balaban J connectivity index is 2.33. The number of halogens is 2. The molecule has 0 aliphatic heterocycles. The summed E-state index contributed by atoms with van der Waals surface area (Å²) in [6, 6.07) is 9.93. The molecule has 0 saturated heterocycles. The summed E-state index contributed by atoms with van der Waals surface area (Å²) in [7, 11) is -3.26. The minimum atomic E-state index is -3.74. The minimum Gasteiger partial charge on any atom is -0.212 e. The molecule has 0 radical (unpaired) electrons. The van der Waals surface area contributed by atoms with Crippen molar-refractivity contribution >= 4 is 19.7 Å². The van der Waals surface area contributed by atoms with Crippen molar-refractivity contribution in [3.63, 3.8) is 0 Å². The lowest BCUT2D eigenvalue weighted by Crippen LogP contribution is -1.95. The summed E-state index contributed by atoms with van der Waals surface area (Å²) in [6.07, 6.45) is 0. The van der Waals surface area contributed by atoms with Gasteiger partial charge in [0.15, 0.2) is 0 Å². The lowest BCUT2D eigenvalue weighted by Gasteiger charge is -2.03. The van der Waals surface area contributed by atoms with Gasteiger partial charge in [-0.3, -0.25) is 0 Å². The van der Waals surface area contributed by atoms with Gasteiger partial charge < -0.3 is 0 Å². The molecular weight excluding hydrogens is 278 g/mol. The van der Waals surface area contributed by atoms with E-state index in [0.29, 0.717) is 10.8 Å². The first-order chi connectivity index (χ1) is 8.47. The zero-order valence-electron chi connectivity index (χ0n) is 9.01. The van der Waals surface area contributed by atoms with E-state index < -0.39 is 20.5 Å². The first-order valence-corrected chi connectivity index (χ1v) is 7.75. The van der Waals surface area contributed by atoms with Crippen molar-refractivity contribution < 1.29 is 17.2 Å². The van der Waals surface area contributed by atoms with E-state index in [0.717, 1.165) is 18.2 Å². The molecule has 0 saturated carbocycles. The van der Waals surface area contributed by atoms with Crippen LogP contribution in [0.1, 0.15) is 0 Å². The Labute approximate surface area is 107 Å². The molecule has 0 bridgehead atoms. The second-order valence-electron chi connectivity index (χ2n) is 3.45. The Kier molecular flexibility index (Phi) is 3.68. The standard InChI is InChI=1S/C12H8F2O2S2/c13-9-3-1-5-11(7-9)17-18(15,16)12-6-2-4-10(14)8-12/h1-8H. The molecule has 0 aliphatic carbocycles. The monoisotopic (exact) mass is 286 g/mol. The van der Waals surface area contributed by atoms with Gasteiger partial charge in [-0.2, -0.15) is 0 Å². The molecule has 0 spiro atoms. The maximum absolute atomic E-state index is 13.0. The summed E-state index contributed by atoms with van der Waals surface area (Å²) >= 11 is 0. The van der Waals surface area contributed by atoms with Crippen LogP contribution in [0.5, 0.6) is 0 Å². The summed E-state index contributed by atoms with van der Waals surface area (Å²) in [4.78, 5) is 0.107. The molecule has 2 aromatic carbocycles. The molecule has 0 aromatic heterocycles. The van der Waals surface area contributed by atoms with Crippen LogP contribution in [0.2, 0.25) is 0 Å². The normalized spacial score (nSPS) is 11.4. The molecule has 6 heteroatoms. The molecule has 2 nitrogen and oxygen atoms in total. The fourth-order valence-corrected chi connectivity index (χ4v) is 4.13. The van der Waals surface area contributed by atoms with Gasteiger partial charge in [-0.25, -0.2) is 17.2 Å². The molecule has 0 amide bonds. The van der Waals surface area contributed by atoms with E-state index in [1.54, 1.807) is 0 Å². The summed E-state index contributed by atoms with van der Waals surface area (Å²) in [5, 5.41) is 0. The van der Waals surface area contributed by atoms with Gasteiger partial charge in [0.25, 0.3) is 0 Å². The number of benzene rings is 2. The lowest BCUT2D eigenvalue weighted by atomic mass is 10.4. The average Bonchev–Trinajstić information content (AvgIpc) is 2.28. The van der Waals surface area contributed by atoms with Crippen LogP contribution < -0.4 is 0 Å². The SMILES string of the molecule is O=S(=O)(Sc1cccc(F)c1)c1cccc(F)c1. The predicted octanol–water partition coefficient (Wildman–Crippen LogP) is 3.45. The van der Waals surface area contributed by atoms with E-state index in [4.69, 9.17) is 0 Å². The quantitative estimate of drug-likeness (QED) is 0.810. The average molecular weight is 286 g/mol. The molecule has 0 N–H and O–H groups in total. The number of rotatable bonds is 3. The third-order valence-corrected chi connectivity index (χ3v) is 5.40. The van der Waals surface area contributed by atoms with Gasteiger partial charge in [-0.15, -0.1) is 0 Å². The second kappa shape index (κ2) is 5.07. The van der Waals surface area contributed by atoms with Crippen molar-refractivity contribution in [3.05, 3.63) is 60.2 Å². The van der Waals surface area contributed by atoms with Gasteiger partial charge in [0.05, 0.1) is 4.90 Å². The van der Waals surface area contributed by atoms with Crippen molar-refractivity contribution in [1.29, 1.82) is 0 Å². The fourth-order valence-electron chi connectivity index (χ4n) is 1.32. The van der Waals surface area contributed by atoms with E-state index in [1.807, 2.05) is 0 Å². The molecule has 2 rings (SSSR count). The topological polar surface area (TPSA) is 34.1 Å². The van der Waals surface area contributed by atoms with Gasteiger partial charge in [-0.05, 0) is 36.4 Å². The van der Waals surface area contributed by atoms with Crippen LogP contribution in [-0.2, 0) is 8.87 Å². The Morgan fingerprint density at radius 2 is 1.50 bits per heavy atom. The van der Waals surface area contributed by atoms with Crippen LogP contribution in [0.3, 0.4) is 0 Å². The van der Waals surface area contributed by atoms with Crippen molar-refractivity contribution in [2.45, 2.75) is 9.79 Å². The Morgan fingerprint density at radius 3 is 2.11 bits per heavy atom. The van der Waals surface area contributed by atoms with Crippen LogP contribution >= 0.6 is 10.8 Å². The minimum absolute atomic E-state index is 0.142. The van der Waals surface area contributed by atoms with Gasteiger partial charge in [0, 0.05) is 15.7 Å². The molecule has 2 aromatic rings. The summed E-state index contributed by atoms with van der Waals surface area (Å²) in [5.74, 6) is -1.15. The van der Waals surface area contributed by atoms with Crippen molar-refractivity contribution in [3.8, 4) is 0 Å². The van der Waals surface area contributed by atoms with Gasteiger partial charge in [0.2, 0.25) is 8.87 Å². The molecule has 0 unspecified atom stereocenters. The van der Waals surface area contributed by atoms with E-state index >= 15 is 0 Å². The van der Waals surface area contributed by atoms with E-state index in [1.165, 1.54) is 30.3 Å². The van der Waals surface area contributed by atoms with Crippen LogP contribution in [0.15, 0.2) is 58.3 Å². The number of hydrogen-bond acceptors (Lipinski definition) is 3. The summed E-state index contributed by atoms with van der Waals surface area (Å²) < 4.78 is 49.8. The first-order valence-electron chi connectivity index (χ1n) is 4.93. The number of hydrogen-bond donors (Lipinski definition) is 0. The van der Waals surface area contributed by atoms with E-state index in [9.17, 15) is 17.2 Å². The maximum Gasteiger partial charge on any atom is 0.234 e. The molecular formula is C12H8F2O2S2. The highest BCUT2D eigenvalue weighted by atomic mass is 33.1. The third-order valence-electron chi connectivity index (χ3n) is 2.09. The zero-order chi connectivity index (χ0) is 13.2. The smallest absolute Gasteiger partial charge is 0.212 e. The Morgan fingerprint density at radius 1 is 0.889 bits per heavy atom. The van der Waals surface area contributed by atoms with Crippen LogP contribution in [0, 0.1) is 11.6 Å². The van der Waals surface area contributed by atoms with Gasteiger partial charge >= 0.3 is 0 Å². The third kappa shape index (κ3) is 3.08. The largest absolute Gasteiger partial charge is 0.234 e. The Bertz CT molecular complexity index is 669. The zero-order valence-corrected chi connectivity index (χ0v) is 10.6. The summed E-state index contributed by atoms with van der Waals surface area (Å²) in [5.41, 5.74) is 0. The molecule has 94 valence electrons. The van der Waals surface area contributed by atoms with Gasteiger partial charge in [0.1, 0.15) is 11.6 Å². The van der Waals surface area contributed by atoms with E-state index in [-0.39, 0.29) is 9.79 Å². The lowest BCUT2D eigenvalue weighted by molar-refractivity contribution is 0.603. The molecule has 0 aliphatic rings. The molecule has 18 heavy (non-hydrogen) atoms. The van der Waals surface area contributed by atoms with Crippen molar-refractivity contribution in [2.75, 3.05) is 0 Å². The summed E-state index contributed by atoms with van der Waals surface area (Å²) in [6.45, 7) is 0. The van der Waals surface area contributed by atoms with E-state index in [2.05, 4.69) is 0 Å². The van der Waals surface area contributed by atoms with Gasteiger partial charge in [-0.1, -0.05) is 12.1 Å². The second-order valence-corrected chi connectivity index (χ2v) is 7.29. The van der Waals surface area contributed by atoms with Crippen LogP contribution in [0.4, 0.5) is 8.78 Å². The Hall–Kier alpha value is -1.40. The molecule has 0 fully saturated rings. The van der Waals surface area contributed by atoms with Crippen LogP contribution in [-0.4, -0.2) is 8.42 Å².